The number of nitrogens with zero attached hydrogens (tertiary/aromatic N) is 3. The molecule has 2 atom stereocenters. The number of hydrazone groups is 1. The number of aryl methyl sites for hydroxylation is 1. The second-order valence-corrected chi connectivity index (χ2v) is 9.93. The third kappa shape index (κ3) is 2.42. The molecule has 2 aromatic rings. The van der Waals surface area contributed by atoms with E-state index in [1.54, 1.807) is 4.78 Å². The molecular weight excluding hydrogens is 346 g/mol. The Hall–Kier alpha value is -1.61. The second-order valence-electron chi connectivity index (χ2n) is 5.35. The first-order valence-electron chi connectivity index (χ1n) is 7.13. The Morgan fingerprint density at radius 1 is 1.17 bits per heavy atom. The minimum Gasteiger partial charge on any atom is -0.291 e. The molecule has 2 aromatic carbocycles. The Morgan fingerprint density at radius 2 is 1.91 bits per heavy atom. The van der Waals surface area contributed by atoms with Gasteiger partial charge in [0.05, 0.1) is 0 Å². The van der Waals surface area contributed by atoms with Gasteiger partial charge in [0.1, 0.15) is 13.4 Å². The number of rotatable bonds is 2. The Balaban J connectivity index is 1.89. The molecule has 8 heteroatoms. The molecule has 0 fully saturated rings. The maximum absolute atomic E-state index is 14.1. The molecule has 0 amide bonds. The van der Waals surface area contributed by atoms with Crippen molar-refractivity contribution in [3.8, 4) is 0 Å². The van der Waals surface area contributed by atoms with Crippen LogP contribution >= 0.6 is 26.2 Å². The van der Waals surface area contributed by atoms with Crippen LogP contribution in [0.15, 0.2) is 64.6 Å². The number of hydrogen-bond acceptors (Lipinski definition) is 5. The van der Waals surface area contributed by atoms with Crippen molar-refractivity contribution in [1.29, 1.82) is 0 Å². The number of benzene rings is 2. The molecule has 4 rings (SSSR count). The van der Waals surface area contributed by atoms with E-state index >= 15 is 0 Å². The van der Waals surface area contributed by atoms with E-state index in [0.717, 1.165) is 18.4 Å². The van der Waals surface area contributed by atoms with Crippen molar-refractivity contribution in [3.63, 3.8) is 0 Å². The van der Waals surface area contributed by atoms with Crippen LogP contribution < -0.4 is 10.7 Å². The molecule has 0 aromatic heterocycles. The van der Waals surface area contributed by atoms with Crippen LogP contribution in [0.2, 0.25) is 0 Å². The Morgan fingerprint density at radius 3 is 2.65 bits per heavy atom. The molecule has 0 saturated carbocycles. The average molecular weight is 360 g/mol. The highest BCUT2D eigenvalue weighted by atomic mass is 32.7. The Kier molecular flexibility index (Phi) is 3.76. The zero-order valence-electron chi connectivity index (χ0n) is 12.3. The molecule has 5 nitrogen and oxygen atoms in total. The van der Waals surface area contributed by atoms with Crippen LogP contribution in [0.5, 0.6) is 0 Å². The summed E-state index contributed by atoms with van der Waals surface area (Å²) >= 11 is 1.47. The molecule has 0 bridgehead atoms. The summed E-state index contributed by atoms with van der Waals surface area (Å²) in [6, 6.07) is 17.6. The van der Waals surface area contributed by atoms with Gasteiger partial charge in [-0.15, -0.1) is 4.85 Å². The summed E-state index contributed by atoms with van der Waals surface area (Å²) in [5, 5.41) is 5.83. The van der Waals surface area contributed by atoms with Crippen LogP contribution in [0.1, 0.15) is 16.9 Å². The largest absolute Gasteiger partial charge is 0.291 e. The fourth-order valence-corrected chi connectivity index (χ4v) is 7.94. The van der Waals surface area contributed by atoms with E-state index in [2.05, 4.69) is 15.4 Å². The normalized spacial score (nSPS) is 26.4. The van der Waals surface area contributed by atoms with Gasteiger partial charge in [-0.25, -0.2) is 0 Å². The predicted octanol–water partition coefficient (Wildman–Crippen LogP) is 4.48. The minimum atomic E-state index is -3.02. The van der Waals surface area contributed by atoms with Gasteiger partial charge < -0.3 is 0 Å². The smallest absolute Gasteiger partial charge is 0.249 e. The zero-order chi connectivity index (χ0) is 15.9. The van der Waals surface area contributed by atoms with Crippen molar-refractivity contribution in [2.45, 2.75) is 12.7 Å². The van der Waals surface area contributed by atoms with Gasteiger partial charge in [0.15, 0.2) is 0 Å². The van der Waals surface area contributed by atoms with Crippen molar-refractivity contribution in [1.82, 2.24) is 10.2 Å². The van der Waals surface area contributed by atoms with Crippen LogP contribution in [-0.2, 0) is 4.57 Å². The Bertz CT molecular complexity index is 838. The first kappa shape index (κ1) is 14.9. The van der Waals surface area contributed by atoms with Gasteiger partial charge in [-0.05, 0) is 36.0 Å². The fourth-order valence-electron chi connectivity index (χ4n) is 2.65. The summed E-state index contributed by atoms with van der Waals surface area (Å²) in [5.41, 5.74) is 5.24. The lowest BCUT2D eigenvalue weighted by Crippen LogP contribution is -2.37. The molecule has 1 N–H and O–H groups in total. The van der Waals surface area contributed by atoms with Gasteiger partial charge in [0, 0.05) is 5.30 Å². The lowest BCUT2D eigenvalue weighted by atomic mass is 10.1. The van der Waals surface area contributed by atoms with Gasteiger partial charge in [-0.1, -0.05) is 48.0 Å². The molecule has 116 valence electrons. The second kappa shape index (κ2) is 5.79. The molecule has 23 heavy (non-hydrogen) atoms. The van der Waals surface area contributed by atoms with E-state index in [1.165, 1.54) is 16.9 Å². The van der Waals surface area contributed by atoms with Gasteiger partial charge in [0.2, 0.25) is 12.5 Å². The lowest BCUT2D eigenvalue weighted by Gasteiger charge is -2.36. The first-order chi connectivity index (χ1) is 11.2. The van der Waals surface area contributed by atoms with E-state index in [0.29, 0.717) is 5.17 Å². The van der Waals surface area contributed by atoms with E-state index in [9.17, 15) is 4.57 Å². The van der Waals surface area contributed by atoms with Crippen LogP contribution in [0, 0.1) is 6.92 Å². The lowest BCUT2D eigenvalue weighted by molar-refractivity contribution is 0.498. The number of fused-ring (bicyclic) bond motifs is 1. The molecule has 2 aliphatic heterocycles. The predicted molar refractivity (Wildman–Crippen MR) is 97.0 cm³/mol. The molecule has 2 unspecified atom stereocenters. The molecule has 2 aliphatic rings. The standard InChI is InChI=1S/C15H14N4OP2S/c1-11-7-9-12(10-8-11)14-16-17-15-19(18-21-23-15)22(14,20)13-5-3-2-4-6-13/h2-10,14,16H,1H3. The summed E-state index contributed by atoms with van der Waals surface area (Å²) in [7, 11) is -2.22. The van der Waals surface area contributed by atoms with Crippen molar-refractivity contribution in [3.05, 3.63) is 65.7 Å². The molecule has 0 radical (unpaired) electrons. The number of nitrogens with one attached hydrogen (secondary N) is 1. The highest BCUT2D eigenvalue weighted by Gasteiger charge is 2.48. The summed E-state index contributed by atoms with van der Waals surface area (Å²) in [4.78, 5) is 4.42. The van der Waals surface area contributed by atoms with E-state index in [1.807, 2.05) is 61.5 Å². The minimum absolute atomic E-state index is 0.410. The van der Waals surface area contributed by atoms with E-state index < -0.39 is 13.1 Å². The van der Waals surface area contributed by atoms with Crippen LogP contribution in [0.3, 0.4) is 0 Å². The quantitative estimate of drug-likeness (QED) is 0.803. The third-order valence-electron chi connectivity index (χ3n) is 3.85. The zero-order valence-corrected chi connectivity index (χ0v) is 14.9. The number of hydrogen-bond donors (Lipinski definition) is 1. The van der Waals surface area contributed by atoms with Crippen LogP contribution in [0.4, 0.5) is 0 Å². The molecular formula is C15H14N4OP2S. The third-order valence-corrected chi connectivity index (χ3v) is 8.83. The summed E-state index contributed by atoms with van der Waals surface area (Å²) in [6.45, 7) is 2.04. The van der Waals surface area contributed by atoms with Crippen molar-refractivity contribution >= 4 is 36.7 Å². The van der Waals surface area contributed by atoms with Gasteiger partial charge in [-0.3, -0.25) is 9.99 Å². The SMILES string of the molecule is Cc1ccc(C2NN=C3SP=NN3P2(=O)c2ccccc2)cc1. The van der Waals surface area contributed by atoms with Gasteiger partial charge >= 0.3 is 0 Å². The molecule has 0 saturated heterocycles. The van der Waals surface area contributed by atoms with Crippen LogP contribution in [-0.4, -0.2) is 9.95 Å². The van der Waals surface area contributed by atoms with Crippen molar-refractivity contribution in [2.75, 3.05) is 0 Å². The highest BCUT2D eigenvalue weighted by molar-refractivity contribution is 8.55. The van der Waals surface area contributed by atoms with Crippen LogP contribution in [0.25, 0.3) is 0 Å². The van der Waals surface area contributed by atoms with E-state index in [4.69, 9.17) is 0 Å². The monoisotopic (exact) mass is 360 g/mol. The average Bonchev–Trinajstić information content (AvgIpc) is 3.07. The fraction of sp³-hybridized carbons (Fsp3) is 0.133. The Labute approximate surface area is 140 Å². The summed E-state index contributed by atoms with van der Waals surface area (Å²) in [6.07, 6.45) is 0. The molecule has 2 heterocycles. The molecule has 0 spiro atoms. The number of amidine groups is 1. The maximum Gasteiger partial charge on any atom is 0.249 e. The highest BCUT2D eigenvalue weighted by Crippen LogP contribution is 2.65. The summed E-state index contributed by atoms with van der Waals surface area (Å²) in [5.74, 6) is -0.410. The van der Waals surface area contributed by atoms with Gasteiger partial charge in [-0.2, -0.15) is 9.88 Å². The summed E-state index contributed by atoms with van der Waals surface area (Å²) < 4.78 is 15.8. The van der Waals surface area contributed by atoms with Crippen molar-refractivity contribution in [2.24, 2.45) is 9.96 Å². The molecule has 0 aliphatic carbocycles. The maximum atomic E-state index is 14.1. The van der Waals surface area contributed by atoms with Gasteiger partial charge in [0.25, 0.3) is 0 Å². The van der Waals surface area contributed by atoms with E-state index in [-0.39, 0.29) is 0 Å². The topological polar surface area (TPSA) is 57.1 Å². The first-order valence-corrected chi connectivity index (χ1v) is 11.1. The van der Waals surface area contributed by atoms with Crippen molar-refractivity contribution < 1.29 is 4.57 Å².